The second-order valence-corrected chi connectivity index (χ2v) is 4.85. The Morgan fingerprint density at radius 2 is 1.81 bits per heavy atom. The van der Waals surface area contributed by atoms with Crippen LogP contribution in [0.25, 0.3) is 0 Å². The second kappa shape index (κ2) is 7.14. The van der Waals surface area contributed by atoms with Crippen molar-refractivity contribution in [2.24, 2.45) is 5.73 Å². The van der Waals surface area contributed by atoms with Gasteiger partial charge in [0.25, 0.3) is 0 Å². The number of hydrogen-bond acceptors (Lipinski definition) is 3. The van der Waals surface area contributed by atoms with E-state index in [9.17, 15) is 14.4 Å². The first-order chi connectivity index (χ1) is 9.76. The third-order valence-corrected chi connectivity index (χ3v) is 3.13. The molecule has 1 aromatic carbocycles. The third kappa shape index (κ3) is 4.51. The second-order valence-electron chi connectivity index (χ2n) is 4.03. The maximum atomic E-state index is 12.0. The van der Waals surface area contributed by atoms with Gasteiger partial charge in [0.1, 0.15) is 6.54 Å². The summed E-state index contributed by atoms with van der Waals surface area (Å²) in [6, 6.07) is 1.70. The number of nitrogens with two attached hydrogens (primary N) is 1. The van der Waals surface area contributed by atoms with Crippen LogP contribution in [0.15, 0.2) is 12.1 Å². The van der Waals surface area contributed by atoms with E-state index in [1.807, 2.05) is 0 Å². The monoisotopic (exact) mass is 333 g/mol. The van der Waals surface area contributed by atoms with Gasteiger partial charge in [0.15, 0.2) is 0 Å². The highest BCUT2D eigenvalue weighted by molar-refractivity contribution is 6.40. The highest BCUT2D eigenvalue weighted by atomic mass is 35.5. The minimum absolute atomic E-state index is 0.0246. The van der Waals surface area contributed by atoms with Crippen molar-refractivity contribution in [1.29, 1.82) is 0 Å². The van der Waals surface area contributed by atoms with E-state index in [1.54, 1.807) is 6.92 Å². The lowest BCUT2D eigenvalue weighted by atomic mass is 10.2. The van der Waals surface area contributed by atoms with Crippen LogP contribution in [-0.4, -0.2) is 41.0 Å². The zero-order chi connectivity index (χ0) is 16.2. The summed E-state index contributed by atoms with van der Waals surface area (Å²) in [6.45, 7) is 1.65. The van der Waals surface area contributed by atoms with E-state index >= 15 is 0 Å². The highest BCUT2D eigenvalue weighted by Crippen LogP contribution is 2.32. The number of rotatable bonds is 5. The van der Waals surface area contributed by atoms with Crippen LogP contribution in [0, 0.1) is 0 Å². The maximum absolute atomic E-state index is 12.0. The van der Waals surface area contributed by atoms with Crippen LogP contribution in [0.1, 0.15) is 17.3 Å². The van der Waals surface area contributed by atoms with Crippen molar-refractivity contribution < 1.29 is 19.5 Å². The lowest BCUT2D eigenvalue weighted by molar-refractivity contribution is -0.118. The Balaban J connectivity index is 2.99. The molecular formula is C12H13Cl2N3O4. The average Bonchev–Trinajstić information content (AvgIpc) is 2.39. The lowest BCUT2D eigenvalue weighted by Gasteiger charge is -2.20. The molecule has 1 rings (SSSR count). The third-order valence-electron chi connectivity index (χ3n) is 2.54. The fourth-order valence-corrected chi connectivity index (χ4v) is 2.10. The Hall–Kier alpha value is -1.99. The predicted molar refractivity (Wildman–Crippen MR) is 78.9 cm³/mol. The minimum Gasteiger partial charge on any atom is -0.478 e. The summed E-state index contributed by atoms with van der Waals surface area (Å²) in [7, 11) is 0. The van der Waals surface area contributed by atoms with Crippen molar-refractivity contribution >= 4 is 46.8 Å². The largest absolute Gasteiger partial charge is 0.478 e. The van der Waals surface area contributed by atoms with Crippen LogP contribution >= 0.6 is 23.2 Å². The maximum Gasteiger partial charge on any atom is 0.335 e. The number of benzene rings is 1. The molecule has 0 radical (unpaired) electrons. The van der Waals surface area contributed by atoms with Gasteiger partial charge in [-0.3, -0.25) is 4.79 Å². The summed E-state index contributed by atoms with van der Waals surface area (Å²) in [5.74, 6) is -1.86. The van der Waals surface area contributed by atoms with E-state index in [1.165, 1.54) is 0 Å². The number of halogens is 2. The number of primary amides is 1. The number of amides is 3. The van der Waals surface area contributed by atoms with Gasteiger partial charge in [-0.05, 0) is 19.1 Å². The first-order valence-corrected chi connectivity index (χ1v) is 6.58. The number of aromatic carboxylic acids is 1. The Morgan fingerprint density at radius 3 is 2.19 bits per heavy atom. The molecule has 0 fully saturated rings. The van der Waals surface area contributed by atoms with Gasteiger partial charge in [-0.25, -0.2) is 9.59 Å². The predicted octanol–water partition coefficient (Wildman–Crippen LogP) is 2.03. The van der Waals surface area contributed by atoms with Crippen molar-refractivity contribution in [2.75, 3.05) is 18.4 Å². The smallest absolute Gasteiger partial charge is 0.335 e. The van der Waals surface area contributed by atoms with Crippen molar-refractivity contribution in [3.05, 3.63) is 27.7 Å². The van der Waals surface area contributed by atoms with Gasteiger partial charge in [-0.1, -0.05) is 23.2 Å². The van der Waals surface area contributed by atoms with E-state index in [-0.39, 0.29) is 34.4 Å². The van der Waals surface area contributed by atoms with Crippen LogP contribution in [0.2, 0.25) is 10.0 Å². The molecule has 7 nitrogen and oxygen atoms in total. The zero-order valence-corrected chi connectivity index (χ0v) is 12.5. The minimum atomic E-state index is -1.19. The van der Waals surface area contributed by atoms with Crippen LogP contribution in [0.5, 0.6) is 0 Å². The standard InChI is InChI=1S/C12H13Cl2N3O4/c1-2-17(5-9(15)18)12(21)16-10-7(13)3-6(11(19)20)4-8(10)14/h3-4H,2,5H2,1H3,(H2,15,18)(H,16,21)(H,19,20). The fourth-order valence-electron chi connectivity index (χ4n) is 1.52. The van der Waals surface area contributed by atoms with Gasteiger partial charge in [0.2, 0.25) is 5.91 Å². The molecule has 9 heteroatoms. The van der Waals surface area contributed by atoms with E-state index in [0.717, 1.165) is 17.0 Å². The molecule has 4 N–H and O–H groups in total. The number of carbonyl (C=O) groups is 3. The van der Waals surface area contributed by atoms with E-state index < -0.39 is 17.9 Å². The summed E-state index contributed by atoms with van der Waals surface area (Å²) in [4.78, 5) is 34.8. The molecule has 0 heterocycles. The Kier molecular flexibility index (Phi) is 5.80. The van der Waals surface area contributed by atoms with Crippen LogP contribution in [0.4, 0.5) is 10.5 Å². The molecule has 0 saturated heterocycles. The topological polar surface area (TPSA) is 113 Å². The summed E-state index contributed by atoms with van der Waals surface area (Å²) < 4.78 is 0. The Bertz CT molecular complexity index is 569. The molecule has 0 spiro atoms. The molecular weight excluding hydrogens is 321 g/mol. The average molecular weight is 334 g/mol. The number of urea groups is 1. The fraction of sp³-hybridized carbons (Fsp3) is 0.250. The van der Waals surface area contributed by atoms with E-state index in [4.69, 9.17) is 34.0 Å². The first kappa shape index (κ1) is 17.1. The molecule has 0 aliphatic carbocycles. The van der Waals surface area contributed by atoms with E-state index in [2.05, 4.69) is 5.32 Å². The van der Waals surface area contributed by atoms with Gasteiger partial charge < -0.3 is 21.1 Å². The Labute approximate surface area is 130 Å². The van der Waals surface area contributed by atoms with Crippen molar-refractivity contribution in [3.8, 4) is 0 Å². The van der Waals surface area contributed by atoms with Crippen LogP contribution in [0.3, 0.4) is 0 Å². The lowest BCUT2D eigenvalue weighted by Crippen LogP contribution is -2.40. The molecule has 114 valence electrons. The van der Waals surface area contributed by atoms with E-state index in [0.29, 0.717) is 0 Å². The Morgan fingerprint density at radius 1 is 1.29 bits per heavy atom. The molecule has 3 amide bonds. The van der Waals surface area contributed by atoms with Gasteiger partial charge in [0.05, 0.1) is 21.3 Å². The first-order valence-electron chi connectivity index (χ1n) is 5.82. The molecule has 0 aliphatic rings. The van der Waals surface area contributed by atoms with Gasteiger partial charge in [-0.15, -0.1) is 0 Å². The molecule has 0 aliphatic heterocycles. The number of carboxylic acid groups (broad SMARTS) is 1. The SMILES string of the molecule is CCN(CC(N)=O)C(=O)Nc1c(Cl)cc(C(=O)O)cc1Cl. The molecule has 0 unspecified atom stereocenters. The van der Waals surface area contributed by atoms with Crippen LogP contribution in [-0.2, 0) is 4.79 Å². The molecule has 1 aromatic rings. The number of nitrogens with zero attached hydrogens (tertiary/aromatic N) is 1. The zero-order valence-electron chi connectivity index (χ0n) is 11.0. The summed E-state index contributed by atoms with van der Waals surface area (Å²) in [5, 5.41) is 11.2. The molecule has 0 aromatic heterocycles. The number of carbonyl (C=O) groups excluding carboxylic acids is 2. The summed E-state index contributed by atoms with van der Waals surface area (Å²) in [6.07, 6.45) is 0. The summed E-state index contributed by atoms with van der Waals surface area (Å²) in [5.41, 5.74) is 5.00. The highest BCUT2D eigenvalue weighted by Gasteiger charge is 2.18. The van der Waals surface area contributed by atoms with Crippen molar-refractivity contribution in [2.45, 2.75) is 6.92 Å². The normalized spacial score (nSPS) is 10.0. The number of carboxylic acids is 1. The molecule has 0 bridgehead atoms. The molecule has 21 heavy (non-hydrogen) atoms. The van der Waals surface area contributed by atoms with Gasteiger partial charge in [0, 0.05) is 6.54 Å². The number of hydrogen-bond donors (Lipinski definition) is 3. The molecule has 0 atom stereocenters. The van der Waals surface area contributed by atoms with Crippen LogP contribution < -0.4 is 11.1 Å². The number of likely N-dealkylation sites (N-methyl/N-ethyl adjacent to an activating group) is 1. The molecule has 0 saturated carbocycles. The number of anilines is 1. The van der Waals surface area contributed by atoms with Crippen molar-refractivity contribution in [1.82, 2.24) is 4.90 Å². The van der Waals surface area contributed by atoms with Gasteiger partial charge in [-0.2, -0.15) is 0 Å². The van der Waals surface area contributed by atoms with Crippen molar-refractivity contribution in [3.63, 3.8) is 0 Å². The van der Waals surface area contributed by atoms with Gasteiger partial charge >= 0.3 is 12.0 Å². The summed E-state index contributed by atoms with van der Waals surface area (Å²) >= 11 is 11.8. The number of nitrogens with one attached hydrogen (secondary N) is 1. The quantitative estimate of drug-likeness (QED) is 0.764.